The van der Waals surface area contributed by atoms with Crippen LogP contribution in [0.4, 0.5) is 0 Å². The van der Waals surface area contributed by atoms with Gasteiger partial charge < -0.3 is 9.15 Å². The Hall–Kier alpha value is -2.47. The molecule has 1 aromatic carbocycles. The van der Waals surface area contributed by atoms with E-state index in [4.69, 9.17) is 20.8 Å². The lowest BCUT2D eigenvalue weighted by molar-refractivity contribution is -0.123. The molecule has 0 unspecified atom stereocenters. The van der Waals surface area contributed by atoms with Crippen LogP contribution in [0.2, 0.25) is 5.02 Å². The van der Waals surface area contributed by atoms with Gasteiger partial charge in [0, 0.05) is 5.02 Å². The highest BCUT2D eigenvalue weighted by Crippen LogP contribution is 2.21. The summed E-state index contributed by atoms with van der Waals surface area (Å²) >= 11 is 5.85. The van der Waals surface area contributed by atoms with E-state index in [0.29, 0.717) is 27.9 Å². The van der Waals surface area contributed by atoms with Crippen LogP contribution in [-0.2, 0) is 4.79 Å². The summed E-state index contributed by atoms with van der Waals surface area (Å²) in [4.78, 5) is 23.6. The maximum Gasteiger partial charge on any atom is 0.276 e. The van der Waals surface area contributed by atoms with Crippen molar-refractivity contribution in [1.82, 2.24) is 10.9 Å². The lowest BCUT2D eigenvalue weighted by Gasteiger charge is -2.10. The van der Waals surface area contributed by atoms with Gasteiger partial charge in [0.25, 0.3) is 11.8 Å². The first-order valence-electron chi connectivity index (χ1n) is 6.92. The standard InChI is InChI=1S/C16H17ClN2O4/c1-9-6-12(17)4-5-14(9)22-8-15(20)18-19-16(21)13-7-10(2)23-11(13)3/h4-7H,8H2,1-3H3,(H,18,20)(H,19,21). The van der Waals surface area contributed by atoms with Crippen LogP contribution >= 0.6 is 11.6 Å². The van der Waals surface area contributed by atoms with Gasteiger partial charge in [-0.25, -0.2) is 0 Å². The lowest BCUT2D eigenvalue weighted by atomic mass is 10.2. The third-order valence-corrected chi connectivity index (χ3v) is 3.33. The van der Waals surface area contributed by atoms with Crippen LogP contribution in [0.5, 0.6) is 5.75 Å². The zero-order valence-corrected chi connectivity index (χ0v) is 13.8. The summed E-state index contributed by atoms with van der Waals surface area (Å²) in [6, 6.07) is 6.69. The van der Waals surface area contributed by atoms with Crippen molar-refractivity contribution in [3.05, 3.63) is 51.9 Å². The van der Waals surface area contributed by atoms with Gasteiger partial charge in [0.05, 0.1) is 5.56 Å². The Kier molecular flexibility index (Phi) is 5.28. The largest absolute Gasteiger partial charge is 0.483 e. The highest BCUT2D eigenvalue weighted by Gasteiger charge is 2.14. The molecule has 0 bridgehead atoms. The molecule has 7 heteroatoms. The predicted octanol–water partition coefficient (Wildman–Crippen LogP) is 2.70. The number of amides is 2. The van der Waals surface area contributed by atoms with E-state index in [1.165, 1.54) is 0 Å². The van der Waals surface area contributed by atoms with E-state index in [-0.39, 0.29) is 6.61 Å². The van der Waals surface area contributed by atoms with Crippen molar-refractivity contribution in [2.75, 3.05) is 6.61 Å². The Bertz CT molecular complexity index is 740. The number of furan rings is 1. The van der Waals surface area contributed by atoms with Gasteiger partial charge in [-0.15, -0.1) is 0 Å². The highest BCUT2D eigenvalue weighted by molar-refractivity contribution is 6.30. The average Bonchev–Trinajstić information content (AvgIpc) is 2.82. The molecule has 6 nitrogen and oxygen atoms in total. The third-order valence-electron chi connectivity index (χ3n) is 3.10. The summed E-state index contributed by atoms with van der Waals surface area (Å²) in [6.45, 7) is 5.01. The zero-order chi connectivity index (χ0) is 17.0. The van der Waals surface area contributed by atoms with Crippen LogP contribution in [0.25, 0.3) is 0 Å². The Labute approximate surface area is 138 Å². The van der Waals surface area contributed by atoms with Gasteiger partial charge in [-0.3, -0.25) is 20.4 Å². The highest BCUT2D eigenvalue weighted by atomic mass is 35.5. The van der Waals surface area contributed by atoms with Crippen molar-refractivity contribution < 1.29 is 18.7 Å². The van der Waals surface area contributed by atoms with E-state index >= 15 is 0 Å². The first-order chi connectivity index (χ1) is 10.9. The number of hydrazine groups is 1. The quantitative estimate of drug-likeness (QED) is 0.841. The van der Waals surface area contributed by atoms with Crippen molar-refractivity contribution in [2.24, 2.45) is 0 Å². The fourth-order valence-electron chi connectivity index (χ4n) is 2.00. The van der Waals surface area contributed by atoms with Crippen LogP contribution in [0.3, 0.4) is 0 Å². The Morgan fingerprint density at radius 3 is 2.52 bits per heavy atom. The van der Waals surface area contributed by atoms with Crippen molar-refractivity contribution in [2.45, 2.75) is 20.8 Å². The normalized spacial score (nSPS) is 10.3. The third kappa shape index (κ3) is 4.50. The molecule has 0 radical (unpaired) electrons. The van der Waals surface area contributed by atoms with Gasteiger partial charge in [0.15, 0.2) is 6.61 Å². The van der Waals surface area contributed by atoms with Crippen LogP contribution in [-0.4, -0.2) is 18.4 Å². The molecular formula is C16H17ClN2O4. The number of hydrogen-bond acceptors (Lipinski definition) is 4. The molecule has 1 heterocycles. The first-order valence-corrected chi connectivity index (χ1v) is 7.30. The molecule has 1 aromatic heterocycles. The second-order valence-electron chi connectivity index (χ2n) is 5.03. The summed E-state index contributed by atoms with van der Waals surface area (Å²) in [5.74, 6) is 0.737. The summed E-state index contributed by atoms with van der Waals surface area (Å²) in [5.41, 5.74) is 5.79. The second-order valence-corrected chi connectivity index (χ2v) is 5.46. The van der Waals surface area contributed by atoms with E-state index in [2.05, 4.69) is 10.9 Å². The molecule has 2 amide bonds. The monoisotopic (exact) mass is 336 g/mol. The molecule has 0 aliphatic rings. The van der Waals surface area contributed by atoms with E-state index in [1.807, 2.05) is 6.92 Å². The number of aryl methyl sites for hydroxylation is 3. The average molecular weight is 337 g/mol. The summed E-state index contributed by atoms with van der Waals surface area (Å²) in [7, 11) is 0. The maximum atomic E-state index is 11.9. The molecule has 0 aliphatic carbocycles. The first kappa shape index (κ1) is 16.9. The van der Waals surface area contributed by atoms with Gasteiger partial charge in [-0.2, -0.15) is 0 Å². The Morgan fingerprint density at radius 1 is 1.17 bits per heavy atom. The zero-order valence-electron chi connectivity index (χ0n) is 13.0. The molecule has 23 heavy (non-hydrogen) atoms. The summed E-state index contributed by atoms with van der Waals surface area (Å²) in [5, 5.41) is 0.595. The van der Waals surface area contributed by atoms with E-state index in [1.54, 1.807) is 38.1 Å². The van der Waals surface area contributed by atoms with Gasteiger partial charge in [0.1, 0.15) is 17.3 Å². The number of ether oxygens (including phenoxy) is 1. The fourth-order valence-corrected chi connectivity index (χ4v) is 2.23. The van der Waals surface area contributed by atoms with Crippen LogP contribution < -0.4 is 15.6 Å². The molecule has 2 aromatic rings. The number of benzene rings is 1. The Balaban J connectivity index is 1.83. The minimum absolute atomic E-state index is 0.230. The number of carbonyl (C=O) groups is 2. The van der Waals surface area contributed by atoms with Gasteiger partial charge >= 0.3 is 0 Å². The predicted molar refractivity (Wildman–Crippen MR) is 85.5 cm³/mol. The van der Waals surface area contributed by atoms with Crippen molar-refractivity contribution in [3.63, 3.8) is 0 Å². The number of halogens is 1. The van der Waals surface area contributed by atoms with Crippen LogP contribution in [0.15, 0.2) is 28.7 Å². The van der Waals surface area contributed by atoms with Crippen molar-refractivity contribution in [3.8, 4) is 5.75 Å². The molecule has 122 valence electrons. The number of carbonyl (C=O) groups excluding carboxylic acids is 2. The molecule has 0 atom stereocenters. The van der Waals surface area contributed by atoms with Gasteiger partial charge in [-0.1, -0.05) is 11.6 Å². The summed E-state index contributed by atoms with van der Waals surface area (Å²) in [6.07, 6.45) is 0. The van der Waals surface area contributed by atoms with Crippen LogP contribution in [0.1, 0.15) is 27.4 Å². The Morgan fingerprint density at radius 2 is 1.91 bits per heavy atom. The topological polar surface area (TPSA) is 80.6 Å². The molecule has 0 saturated heterocycles. The lowest BCUT2D eigenvalue weighted by Crippen LogP contribution is -2.43. The minimum atomic E-state index is -0.481. The van der Waals surface area contributed by atoms with Gasteiger partial charge in [0.2, 0.25) is 0 Å². The van der Waals surface area contributed by atoms with E-state index in [9.17, 15) is 9.59 Å². The molecule has 0 saturated carbocycles. The SMILES string of the molecule is Cc1cc(C(=O)NNC(=O)COc2ccc(Cl)cc2C)c(C)o1. The molecule has 0 spiro atoms. The molecule has 2 rings (SSSR count). The summed E-state index contributed by atoms with van der Waals surface area (Å²) < 4.78 is 10.6. The molecule has 0 aliphatic heterocycles. The van der Waals surface area contributed by atoms with Crippen molar-refractivity contribution in [1.29, 1.82) is 0 Å². The molecular weight excluding hydrogens is 320 g/mol. The number of nitrogens with one attached hydrogen (secondary N) is 2. The van der Waals surface area contributed by atoms with E-state index < -0.39 is 11.8 Å². The van der Waals surface area contributed by atoms with Crippen LogP contribution in [0, 0.1) is 20.8 Å². The minimum Gasteiger partial charge on any atom is -0.483 e. The number of rotatable bonds is 4. The van der Waals surface area contributed by atoms with Crippen molar-refractivity contribution >= 4 is 23.4 Å². The molecule has 0 fully saturated rings. The van der Waals surface area contributed by atoms with E-state index in [0.717, 1.165) is 5.56 Å². The van der Waals surface area contributed by atoms with Gasteiger partial charge in [-0.05, 0) is 50.6 Å². The smallest absolute Gasteiger partial charge is 0.276 e. The maximum absolute atomic E-state index is 11.9. The molecule has 2 N–H and O–H groups in total. The number of hydrogen-bond donors (Lipinski definition) is 2. The second kappa shape index (κ2) is 7.19. The fraction of sp³-hybridized carbons (Fsp3) is 0.250.